The Morgan fingerprint density at radius 2 is 2.04 bits per heavy atom. The van der Waals surface area contributed by atoms with Gasteiger partial charge in [-0.25, -0.2) is 8.42 Å². The van der Waals surface area contributed by atoms with Gasteiger partial charge in [0.1, 0.15) is 4.21 Å². The molecule has 1 aliphatic heterocycles. The first-order valence-corrected chi connectivity index (χ1v) is 12.0. The standard InChI is InChI=1S/C20H25N3O3S2/c24-19(22-13-16-7-2-5-11-21-16)17-14-23(15-20(17)9-3-1-4-10-20)28(25,26)18-8-6-12-27-18/h2,5-8,11-12,17H,1,3-4,9-10,13-15H2,(H,22,24). The third-order valence-corrected chi connectivity index (χ3v) is 9.23. The molecule has 4 rings (SSSR count). The lowest BCUT2D eigenvalue weighted by Gasteiger charge is -2.37. The highest BCUT2D eigenvalue weighted by molar-refractivity contribution is 7.91. The fourth-order valence-corrected chi connectivity index (χ4v) is 7.27. The molecule has 150 valence electrons. The van der Waals surface area contributed by atoms with Gasteiger partial charge in [-0.3, -0.25) is 9.78 Å². The average molecular weight is 420 g/mol. The van der Waals surface area contributed by atoms with Gasteiger partial charge >= 0.3 is 0 Å². The first-order chi connectivity index (χ1) is 13.5. The van der Waals surface area contributed by atoms with Crippen molar-refractivity contribution in [3.63, 3.8) is 0 Å². The van der Waals surface area contributed by atoms with E-state index in [1.807, 2.05) is 18.2 Å². The summed E-state index contributed by atoms with van der Waals surface area (Å²) < 4.78 is 28.0. The first kappa shape index (κ1) is 19.5. The zero-order chi connectivity index (χ0) is 19.6. The van der Waals surface area contributed by atoms with Crippen molar-refractivity contribution in [2.75, 3.05) is 13.1 Å². The molecule has 2 aromatic heterocycles. The van der Waals surface area contributed by atoms with Gasteiger partial charge in [-0.2, -0.15) is 4.31 Å². The smallest absolute Gasteiger partial charge is 0.252 e. The Bertz CT molecular complexity index is 907. The molecule has 2 aliphatic rings. The van der Waals surface area contributed by atoms with E-state index in [-0.39, 0.29) is 23.8 Å². The number of aromatic nitrogens is 1. The Hall–Kier alpha value is -1.77. The quantitative estimate of drug-likeness (QED) is 0.808. The number of carbonyl (C=O) groups is 1. The lowest BCUT2D eigenvalue weighted by Crippen LogP contribution is -2.42. The zero-order valence-electron chi connectivity index (χ0n) is 15.7. The molecule has 3 heterocycles. The van der Waals surface area contributed by atoms with Crippen molar-refractivity contribution < 1.29 is 13.2 Å². The van der Waals surface area contributed by atoms with E-state index in [2.05, 4.69) is 10.3 Å². The van der Waals surface area contributed by atoms with Gasteiger partial charge in [-0.15, -0.1) is 11.3 Å². The van der Waals surface area contributed by atoms with Crippen LogP contribution in [0.4, 0.5) is 0 Å². The van der Waals surface area contributed by atoms with Crippen molar-refractivity contribution in [2.24, 2.45) is 11.3 Å². The molecule has 6 nitrogen and oxygen atoms in total. The topological polar surface area (TPSA) is 79.4 Å². The minimum Gasteiger partial charge on any atom is -0.350 e. The maximum absolute atomic E-state index is 13.1. The molecule has 0 bridgehead atoms. The van der Waals surface area contributed by atoms with Crippen LogP contribution < -0.4 is 5.32 Å². The summed E-state index contributed by atoms with van der Waals surface area (Å²) in [5, 5.41) is 4.77. The Morgan fingerprint density at radius 1 is 1.21 bits per heavy atom. The van der Waals surface area contributed by atoms with E-state index in [9.17, 15) is 13.2 Å². The molecule has 1 amide bonds. The number of rotatable bonds is 5. The molecule has 8 heteroatoms. The van der Waals surface area contributed by atoms with E-state index >= 15 is 0 Å². The van der Waals surface area contributed by atoms with Crippen molar-refractivity contribution >= 4 is 27.3 Å². The van der Waals surface area contributed by atoms with Crippen LogP contribution in [0, 0.1) is 11.3 Å². The highest BCUT2D eigenvalue weighted by atomic mass is 32.2. The highest BCUT2D eigenvalue weighted by Crippen LogP contribution is 2.49. The predicted molar refractivity (Wildman–Crippen MR) is 108 cm³/mol. The molecule has 2 aromatic rings. The van der Waals surface area contributed by atoms with Crippen LogP contribution in [0.2, 0.25) is 0 Å². The number of sulfonamides is 1. The highest BCUT2D eigenvalue weighted by Gasteiger charge is 2.53. The maximum atomic E-state index is 13.1. The summed E-state index contributed by atoms with van der Waals surface area (Å²) in [7, 11) is -3.54. The van der Waals surface area contributed by atoms with Crippen LogP contribution >= 0.6 is 11.3 Å². The number of nitrogens with zero attached hydrogens (tertiary/aromatic N) is 2. The second-order valence-electron chi connectivity index (χ2n) is 7.74. The normalized spacial score (nSPS) is 22.4. The number of thiophene rings is 1. The Labute approximate surface area is 170 Å². The van der Waals surface area contributed by atoms with E-state index in [0.29, 0.717) is 17.3 Å². The number of pyridine rings is 1. The molecule has 1 atom stereocenters. The van der Waals surface area contributed by atoms with E-state index in [1.165, 1.54) is 15.6 Å². The van der Waals surface area contributed by atoms with Crippen LogP contribution in [0.5, 0.6) is 0 Å². The molecule has 0 aromatic carbocycles. The molecule has 2 fully saturated rings. The van der Waals surface area contributed by atoms with Gasteiger partial charge in [0.25, 0.3) is 10.0 Å². The monoisotopic (exact) mass is 419 g/mol. The molecule has 0 radical (unpaired) electrons. The Kier molecular flexibility index (Phi) is 5.53. The summed E-state index contributed by atoms with van der Waals surface area (Å²) in [6.07, 6.45) is 6.78. The van der Waals surface area contributed by atoms with Gasteiger partial charge in [0.2, 0.25) is 5.91 Å². The second kappa shape index (κ2) is 7.93. The molecular formula is C20H25N3O3S2. The molecule has 1 saturated heterocycles. The number of hydrogen-bond donors (Lipinski definition) is 1. The van der Waals surface area contributed by atoms with Gasteiger partial charge in [0, 0.05) is 19.3 Å². The van der Waals surface area contributed by atoms with Crippen molar-refractivity contribution in [2.45, 2.75) is 42.9 Å². The summed E-state index contributed by atoms with van der Waals surface area (Å²) in [5.74, 6) is -0.373. The number of amides is 1. The zero-order valence-corrected chi connectivity index (χ0v) is 17.3. The van der Waals surface area contributed by atoms with Crippen molar-refractivity contribution in [1.29, 1.82) is 0 Å². The minimum absolute atomic E-state index is 0.0589. The van der Waals surface area contributed by atoms with Gasteiger partial charge in [-0.1, -0.05) is 31.4 Å². The van der Waals surface area contributed by atoms with Crippen LogP contribution in [0.25, 0.3) is 0 Å². The first-order valence-electron chi connectivity index (χ1n) is 9.73. The van der Waals surface area contributed by atoms with Crippen LogP contribution in [0.1, 0.15) is 37.8 Å². The largest absolute Gasteiger partial charge is 0.350 e. The summed E-state index contributed by atoms with van der Waals surface area (Å²) in [6, 6.07) is 9.00. The third kappa shape index (κ3) is 3.73. The van der Waals surface area contributed by atoms with Gasteiger partial charge in [0.05, 0.1) is 18.2 Å². The lowest BCUT2D eigenvalue weighted by atomic mass is 9.67. The van der Waals surface area contributed by atoms with Gasteiger partial charge in [0.15, 0.2) is 0 Å². The van der Waals surface area contributed by atoms with E-state index in [1.54, 1.807) is 23.7 Å². The molecule has 28 heavy (non-hydrogen) atoms. The predicted octanol–water partition coefficient (Wildman–Crippen LogP) is 3.03. The Morgan fingerprint density at radius 3 is 2.71 bits per heavy atom. The summed E-state index contributed by atoms with van der Waals surface area (Å²) in [4.78, 5) is 17.3. The average Bonchev–Trinajstić information content (AvgIpc) is 3.37. The van der Waals surface area contributed by atoms with E-state index in [0.717, 1.165) is 37.8 Å². The minimum atomic E-state index is -3.54. The summed E-state index contributed by atoms with van der Waals surface area (Å²) >= 11 is 1.23. The van der Waals surface area contributed by atoms with Crippen LogP contribution in [-0.4, -0.2) is 36.7 Å². The summed E-state index contributed by atoms with van der Waals surface area (Å²) in [6.45, 7) is 1.06. The second-order valence-corrected chi connectivity index (χ2v) is 10.9. The molecular weight excluding hydrogens is 394 g/mol. The maximum Gasteiger partial charge on any atom is 0.252 e. The van der Waals surface area contributed by atoms with E-state index < -0.39 is 10.0 Å². The van der Waals surface area contributed by atoms with Crippen LogP contribution in [0.15, 0.2) is 46.1 Å². The summed E-state index contributed by atoms with van der Waals surface area (Å²) in [5.41, 5.74) is 0.547. The number of nitrogens with one attached hydrogen (secondary N) is 1. The molecule has 1 spiro atoms. The van der Waals surface area contributed by atoms with Crippen LogP contribution in [-0.2, 0) is 21.4 Å². The Balaban J connectivity index is 1.54. The molecule has 1 unspecified atom stereocenters. The van der Waals surface area contributed by atoms with Crippen LogP contribution in [0.3, 0.4) is 0 Å². The lowest BCUT2D eigenvalue weighted by molar-refractivity contribution is -0.128. The molecule has 1 N–H and O–H groups in total. The van der Waals surface area contributed by atoms with E-state index in [4.69, 9.17) is 0 Å². The molecule has 1 aliphatic carbocycles. The fourth-order valence-electron chi connectivity index (χ4n) is 4.57. The van der Waals surface area contributed by atoms with Gasteiger partial charge in [-0.05, 0) is 41.8 Å². The van der Waals surface area contributed by atoms with Crippen molar-refractivity contribution in [3.8, 4) is 0 Å². The van der Waals surface area contributed by atoms with Crippen molar-refractivity contribution in [3.05, 3.63) is 47.6 Å². The SMILES string of the molecule is O=C(NCc1ccccn1)C1CN(S(=O)(=O)c2cccs2)CC12CCCCC2. The molecule has 1 saturated carbocycles. The van der Waals surface area contributed by atoms with Crippen molar-refractivity contribution in [1.82, 2.24) is 14.6 Å². The number of carbonyl (C=O) groups excluding carboxylic acids is 1. The third-order valence-electron chi connectivity index (χ3n) is 6.04. The number of hydrogen-bond acceptors (Lipinski definition) is 5. The fraction of sp³-hybridized carbons (Fsp3) is 0.500. The van der Waals surface area contributed by atoms with Gasteiger partial charge < -0.3 is 5.32 Å².